The van der Waals surface area contributed by atoms with Crippen molar-refractivity contribution in [2.75, 3.05) is 23.9 Å². The summed E-state index contributed by atoms with van der Waals surface area (Å²) in [5.41, 5.74) is 1.45. The molecule has 2 aromatic rings. The van der Waals surface area contributed by atoms with Crippen LogP contribution >= 0.6 is 15.9 Å². The molecule has 0 aliphatic carbocycles. The molecule has 2 aromatic carbocycles. The van der Waals surface area contributed by atoms with Gasteiger partial charge in [0.05, 0.1) is 18.7 Å². The van der Waals surface area contributed by atoms with E-state index >= 15 is 0 Å². The minimum Gasteiger partial charge on any atom is -0.497 e. The highest BCUT2D eigenvalue weighted by Gasteiger charge is 2.35. The third kappa shape index (κ3) is 3.43. The van der Waals surface area contributed by atoms with E-state index in [0.717, 1.165) is 10.2 Å². The van der Waals surface area contributed by atoms with Gasteiger partial charge in [0.25, 0.3) is 0 Å². The standard InChI is InChI=1S/C18H17BrN2O3/c1-24-14-6-4-5-13(10-14)21-11-12(9-17(21)22)18(23)20-16-8-3-2-7-15(16)19/h2-8,10,12H,9,11H2,1H3,(H,20,23)/t12-/m1/s1. The Labute approximate surface area is 148 Å². The second-order valence-electron chi connectivity index (χ2n) is 5.58. The molecule has 1 N–H and O–H groups in total. The summed E-state index contributed by atoms with van der Waals surface area (Å²) >= 11 is 3.40. The quantitative estimate of drug-likeness (QED) is 0.872. The number of carbonyl (C=O) groups excluding carboxylic acids is 2. The van der Waals surface area contributed by atoms with Crippen LogP contribution in [0.1, 0.15) is 6.42 Å². The second kappa shape index (κ2) is 7.05. The van der Waals surface area contributed by atoms with Gasteiger partial charge in [-0.25, -0.2) is 0 Å². The van der Waals surface area contributed by atoms with Gasteiger partial charge in [-0.3, -0.25) is 9.59 Å². The first-order valence-corrected chi connectivity index (χ1v) is 8.37. The van der Waals surface area contributed by atoms with Gasteiger partial charge in [-0.2, -0.15) is 0 Å². The molecule has 5 nitrogen and oxygen atoms in total. The number of anilines is 2. The Bertz CT molecular complexity index is 778. The van der Waals surface area contributed by atoms with Gasteiger partial charge < -0.3 is 15.0 Å². The van der Waals surface area contributed by atoms with E-state index in [1.807, 2.05) is 42.5 Å². The monoisotopic (exact) mass is 388 g/mol. The summed E-state index contributed by atoms with van der Waals surface area (Å²) in [6.07, 6.45) is 0.202. The molecular formula is C18H17BrN2O3. The Morgan fingerprint density at radius 1 is 1.25 bits per heavy atom. The fourth-order valence-corrected chi connectivity index (χ4v) is 3.09. The van der Waals surface area contributed by atoms with E-state index in [9.17, 15) is 9.59 Å². The van der Waals surface area contributed by atoms with Gasteiger partial charge in [-0.1, -0.05) is 18.2 Å². The number of nitrogens with one attached hydrogen (secondary N) is 1. The molecule has 6 heteroatoms. The largest absolute Gasteiger partial charge is 0.497 e. The number of halogens is 1. The highest BCUT2D eigenvalue weighted by Crippen LogP contribution is 2.29. The molecule has 1 fully saturated rings. The number of benzene rings is 2. The molecule has 0 spiro atoms. The van der Waals surface area contributed by atoms with Crippen LogP contribution in [0.3, 0.4) is 0 Å². The summed E-state index contributed by atoms with van der Waals surface area (Å²) in [4.78, 5) is 26.4. The first-order chi connectivity index (χ1) is 11.6. The molecule has 0 radical (unpaired) electrons. The van der Waals surface area contributed by atoms with E-state index in [4.69, 9.17) is 4.74 Å². The van der Waals surface area contributed by atoms with E-state index in [-0.39, 0.29) is 24.2 Å². The van der Waals surface area contributed by atoms with Crippen LogP contribution in [0.4, 0.5) is 11.4 Å². The van der Waals surface area contributed by atoms with Crippen LogP contribution in [-0.2, 0) is 9.59 Å². The van der Waals surface area contributed by atoms with Crippen molar-refractivity contribution in [2.24, 2.45) is 5.92 Å². The molecular weight excluding hydrogens is 372 g/mol. The summed E-state index contributed by atoms with van der Waals surface area (Å²) in [5, 5.41) is 2.88. The van der Waals surface area contributed by atoms with E-state index < -0.39 is 0 Å². The molecule has 1 atom stereocenters. The van der Waals surface area contributed by atoms with E-state index in [1.165, 1.54) is 0 Å². The number of amides is 2. The Kier molecular flexibility index (Phi) is 4.85. The average Bonchev–Trinajstić information content (AvgIpc) is 2.99. The number of methoxy groups -OCH3 is 1. The summed E-state index contributed by atoms with van der Waals surface area (Å²) in [6, 6.07) is 14.7. The fraction of sp³-hybridized carbons (Fsp3) is 0.222. The van der Waals surface area contributed by atoms with Crippen LogP contribution in [0, 0.1) is 5.92 Å². The maximum Gasteiger partial charge on any atom is 0.229 e. The number of carbonyl (C=O) groups is 2. The smallest absolute Gasteiger partial charge is 0.229 e. The molecule has 1 heterocycles. The van der Waals surface area contributed by atoms with Gasteiger partial charge in [0.15, 0.2) is 0 Å². The number of ether oxygens (including phenoxy) is 1. The van der Waals surface area contributed by atoms with Crippen LogP contribution < -0.4 is 15.0 Å². The predicted molar refractivity (Wildman–Crippen MR) is 96.2 cm³/mol. The van der Waals surface area contributed by atoms with Gasteiger partial charge in [0.1, 0.15) is 5.75 Å². The van der Waals surface area contributed by atoms with Crippen molar-refractivity contribution in [3.8, 4) is 5.75 Å². The number of hydrogen-bond acceptors (Lipinski definition) is 3. The molecule has 3 rings (SSSR count). The third-order valence-electron chi connectivity index (χ3n) is 3.99. The van der Waals surface area contributed by atoms with Crippen LogP contribution in [-0.4, -0.2) is 25.5 Å². The molecule has 0 bridgehead atoms. The Morgan fingerprint density at radius 2 is 2.04 bits per heavy atom. The fourth-order valence-electron chi connectivity index (χ4n) is 2.71. The normalized spacial score (nSPS) is 17.0. The SMILES string of the molecule is COc1cccc(N2C[C@H](C(=O)Nc3ccccc3Br)CC2=O)c1. The topological polar surface area (TPSA) is 58.6 Å². The first kappa shape index (κ1) is 16.5. The zero-order valence-corrected chi connectivity index (χ0v) is 14.7. The van der Waals surface area contributed by atoms with Crippen LogP contribution in [0.2, 0.25) is 0 Å². The van der Waals surface area contributed by atoms with Gasteiger partial charge in [-0.15, -0.1) is 0 Å². The van der Waals surface area contributed by atoms with Gasteiger partial charge in [0, 0.05) is 29.2 Å². The Morgan fingerprint density at radius 3 is 2.79 bits per heavy atom. The molecule has 0 aromatic heterocycles. The molecule has 0 saturated carbocycles. The lowest BCUT2D eigenvalue weighted by Gasteiger charge is -2.17. The number of rotatable bonds is 4. The molecule has 24 heavy (non-hydrogen) atoms. The molecule has 1 aliphatic heterocycles. The molecule has 0 unspecified atom stereocenters. The molecule has 2 amide bonds. The summed E-state index contributed by atoms with van der Waals surface area (Å²) in [7, 11) is 1.58. The van der Waals surface area contributed by atoms with Crippen molar-refractivity contribution >= 4 is 39.1 Å². The molecule has 124 valence electrons. The van der Waals surface area contributed by atoms with Gasteiger partial charge >= 0.3 is 0 Å². The lowest BCUT2D eigenvalue weighted by molar-refractivity contribution is -0.122. The maximum absolute atomic E-state index is 12.5. The van der Waals surface area contributed by atoms with Crippen LogP contribution in [0.5, 0.6) is 5.75 Å². The average molecular weight is 389 g/mol. The third-order valence-corrected chi connectivity index (χ3v) is 4.68. The van der Waals surface area contributed by atoms with Crippen molar-refractivity contribution in [1.82, 2.24) is 0 Å². The zero-order chi connectivity index (χ0) is 17.1. The maximum atomic E-state index is 12.5. The van der Waals surface area contributed by atoms with Crippen LogP contribution in [0.25, 0.3) is 0 Å². The second-order valence-corrected chi connectivity index (χ2v) is 6.43. The minimum atomic E-state index is -0.379. The molecule has 1 saturated heterocycles. The number of para-hydroxylation sites is 1. The lowest BCUT2D eigenvalue weighted by Crippen LogP contribution is -2.28. The van der Waals surface area contributed by atoms with Crippen molar-refractivity contribution in [2.45, 2.75) is 6.42 Å². The van der Waals surface area contributed by atoms with Crippen molar-refractivity contribution in [1.29, 1.82) is 0 Å². The first-order valence-electron chi connectivity index (χ1n) is 7.58. The lowest BCUT2D eigenvalue weighted by atomic mass is 10.1. The highest BCUT2D eigenvalue weighted by molar-refractivity contribution is 9.10. The van der Waals surface area contributed by atoms with Crippen LogP contribution in [0.15, 0.2) is 53.0 Å². The van der Waals surface area contributed by atoms with E-state index in [0.29, 0.717) is 18.0 Å². The van der Waals surface area contributed by atoms with Gasteiger partial charge in [0.2, 0.25) is 11.8 Å². The van der Waals surface area contributed by atoms with E-state index in [1.54, 1.807) is 18.1 Å². The van der Waals surface area contributed by atoms with Gasteiger partial charge in [-0.05, 0) is 40.2 Å². The number of hydrogen-bond donors (Lipinski definition) is 1. The Balaban J connectivity index is 1.72. The van der Waals surface area contributed by atoms with Crippen molar-refractivity contribution in [3.63, 3.8) is 0 Å². The summed E-state index contributed by atoms with van der Waals surface area (Å²) < 4.78 is 6.01. The molecule has 1 aliphatic rings. The van der Waals surface area contributed by atoms with Crippen molar-refractivity contribution in [3.05, 3.63) is 53.0 Å². The summed E-state index contributed by atoms with van der Waals surface area (Å²) in [5.74, 6) is 0.0911. The van der Waals surface area contributed by atoms with E-state index in [2.05, 4.69) is 21.2 Å². The predicted octanol–water partition coefficient (Wildman–Crippen LogP) is 3.45. The summed E-state index contributed by atoms with van der Waals surface area (Å²) in [6.45, 7) is 0.363. The zero-order valence-electron chi connectivity index (χ0n) is 13.2. The minimum absolute atomic E-state index is 0.0597. The Hall–Kier alpha value is -2.34. The van der Waals surface area contributed by atoms with Crippen molar-refractivity contribution < 1.29 is 14.3 Å². The number of nitrogens with zero attached hydrogens (tertiary/aromatic N) is 1. The highest BCUT2D eigenvalue weighted by atomic mass is 79.9.